The minimum atomic E-state index is 0. The number of hydrogen-bond donors (Lipinski definition) is 2. The first-order valence-corrected chi connectivity index (χ1v) is 10.9. The van der Waals surface area contributed by atoms with Gasteiger partial charge < -0.3 is 15.5 Å². The summed E-state index contributed by atoms with van der Waals surface area (Å²) < 4.78 is 0. The van der Waals surface area contributed by atoms with Gasteiger partial charge in [0.2, 0.25) is 5.91 Å². The summed E-state index contributed by atoms with van der Waals surface area (Å²) in [5, 5.41) is 8.55. The molecule has 3 heterocycles. The molecule has 4 rings (SSSR count). The van der Waals surface area contributed by atoms with Crippen molar-refractivity contribution in [3.8, 4) is 0 Å². The molecular weight excluding hydrogens is 406 g/mol. The molecule has 0 unspecified atom stereocenters. The summed E-state index contributed by atoms with van der Waals surface area (Å²) in [4.78, 5) is 29.2. The second kappa shape index (κ2) is 9.28. The Labute approximate surface area is 182 Å². The SMILES string of the molecule is Cc1c(NC(=O)[C@H]2CCN[C@@H](C)C2)cccc1C(=O)N1CCc2sccc2C1.Cl. The van der Waals surface area contributed by atoms with Gasteiger partial charge in [-0.2, -0.15) is 0 Å². The van der Waals surface area contributed by atoms with Gasteiger partial charge in [-0.1, -0.05) is 6.07 Å². The number of nitrogens with one attached hydrogen (secondary N) is 2. The molecule has 0 radical (unpaired) electrons. The lowest BCUT2D eigenvalue weighted by atomic mass is 9.92. The van der Waals surface area contributed by atoms with Crippen molar-refractivity contribution in [2.75, 3.05) is 18.4 Å². The van der Waals surface area contributed by atoms with E-state index in [2.05, 4.69) is 29.0 Å². The Morgan fingerprint density at radius 3 is 2.90 bits per heavy atom. The number of thiophene rings is 1. The van der Waals surface area contributed by atoms with Crippen LogP contribution in [0.5, 0.6) is 0 Å². The Kier molecular flexibility index (Phi) is 6.98. The number of carbonyl (C=O) groups is 2. The van der Waals surface area contributed by atoms with Gasteiger partial charge in [-0.25, -0.2) is 0 Å². The summed E-state index contributed by atoms with van der Waals surface area (Å²) in [6, 6.07) is 8.09. The van der Waals surface area contributed by atoms with Crippen molar-refractivity contribution in [1.82, 2.24) is 10.2 Å². The lowest BCUT2D eigenvalue weighted by Crippen LogP contribution is -2.40. The van der Waals surface area contributed by atoms with E-state index in [0.717, 1.165) is 43.6 Å². The molecule has 1 saturated heterocycles. The molecule has 2 amide bonds. The van der Waals surface area contributed by atoms with Crippen molar-refractivity contribution >= 4 is 41.2 Å². The Bertz CT molecular complexity index is 898. The molecule has 29 heavy (non-hydrogen) atoms. The first-order valence-electron chi connectivity index (χ1n) is 10.0. The van der Waals surface area contributed by atoms with E-state index in [1.165, 1.54) is 10.4 Å². The van der Waals surface area contributed by atoms with E-state index in [0.29, 0.717) is 18.2 Å². The predicted octanol–water partition coefficient (Wildman–Crippen LogP) is 4.00. The summed E-state index contributed by atoms with van der Waals surface area (Å²) in [7, 11) is 0. The van der Waals surface area contributed by atoms with Crippen molar-refractivity contribution in [3.63, 3.8) is 0 Å². The molecule has 1 aromatic carbocycles. The van der Waals surface area contributed by atoms with Gasteiger partial charge in [0.15, 0.2) is 0 Å². The fourth-order valence-corrected chi connectivity index (χ4v) is 5.09. The molecule has 0 saturated carbocycles. The topological polar surface area (TPSA) is 61.4 Å². The molecular formula is C22H28ClN3O2S. The van der Waals surface area contributed by atoms with Crippen LogP contribution < -0.4 is 10.6 Å². The van der Waals surface area contributed by atoms with Gasteiger partial charge in [0.05, 0.1) is 0 Å². The largest absolute Gasteiger partial charge is 0.334 e. The summed E-state index contributed by atoms with van der Waals surface area (Å²) >= 11 is 1.77. The van der Waals surface area contributed by atoms with Crippen molar-refractivity contribution in [1.29, 1.82) is 0 Å². The van der Waals surface area contributed by atoms with Crippen molar-refractivity contribution < 1.29 is 9.59 Å². The average Bonchev–Trinajstić information content (AvgIpc) is 3.17. The van der Waals surface area contributed by atoms with E-state index < -0.39 is 0 Å². The van der Waals surface area contributed by atoms with Crippen LogP contribution in [0.25, 0.3) is 0 Å². The molecule has 2 aliphatic heterocycles. The predicted molar refractivity (Wildman–Crippen MR) is 120 cm³/mol. The number of halogens is 1. The highest BCUT2D eigenvalue weighted by atomic mass is 35.5. The van der Waals surface area contributed by atoms with Gasteiger partial charge >= 0.3 is 0 Å². The third kappa shape index (κ3) is 4.65. The smallest absolute Gasteiger partial charge is 0.254 e. The van der Waals surface area contributed by atoms with Crippen LogP contribution in [0.1, 0.15) is 46.1 Å². The molecule has 156 valence electrons. The Balaban J connectivity index is 0.00000240. The molecule has 1 aromatic heterocycles. The van der Waals surface area contributed by atoms with E-state index in [1.807, 2.05) is 30.0 Å². The number of nitrogens with zero attached hydrogens (tertiary/aromatic N) is 1. The van der Waals surface area contributed by atoms with Crippen LogP contribution in [-0.4, -0.2) is 35.8 Å². The number of rotatable bonds is 3. The number of amides is 2. The first kappa shape index (κ1) is 21.8. The van der Waals surface area contributed by atoms with Crippen LogP contribution in [0.4, 0.5) is 5.69 Å². The monoisotopic (exact) mass is 433 g/mol. The van der Waals surface area contributed by atoms with Gasteiger partial charge in [-0.3, -0.25) is 9.59 Å². The lowest BCUT2D eigenvalue weighted by molar-refractivity contribution is -0.120. The molecule has 2 N–H and O–H groups in total. The first-order chi connectivity index (χ1) is 13.5. The number of anilines is 1. The molecule has 7 heteroatoms. The molecule has 2 atom stereocenters. The fraction of sp³-hybridized carbons (Fsp3) is 0.455. The summed E-state index contributed by atoms with van der Waals surface area (Å²) in [6.07, 6.45) is 2.62. The van der Waals surface area contributed by atoms with Gasteiger partial charge in [-0.15, -0.1) is 23.7 Å². The maximum Gasteiger partial charge on any atom is 0.254 e. The highest BCUT2D eigenvalue weighted by molar-refractivity contribution is 7.10. The number of fused-ring (bicyclic) bond motifs is 1. The Morgan fingerprint density at radius 1 is 1.28 bits per heavy atom. The molecule has 1 fully saturated rings. The third-order valence-corrected chi connectivity index (χ3v) is 6.93. The van der Waals surface area contributed by atoms with Crippen LogP contribution >= 0.6 is 23.7 Å². The van der Waals surface area contributed by atoms with Crippen LogP contribution in [-0.2, 0) is 17.8 Å². The second-order valence-corrected chi connectivity index (χ2v) is 8.89. The summed E-state index contributed by atoms with van der Waals surface area (Å²) in [5.41, 5.74) is 3.52. The van der Waals surface area contributed by atoms with Gasteiger partial charge in [0.25, 0.3) is 5.91 Å². The van der Waals surface area contributed by atoms with E-state index >= 15 is 0 Å². The van der Waals surface area contributed by atoms with Crippen LogP contribution in [0.15, 0.2) is 29.6 Å². The number of hydrogen-bond acceptors (Lipinski definition) is 4. The van der Waals surface area contributed by atoms with Gasteiger partial charge in [-0.05, 0) is 74.4 Å². The second-order valence-electron chi connectivity index (χ2n) is 7.89. The van der Waals surface area contributed by atoms with Crippen molar-refractivity contribution in [2.45, 2.75) is 45.7 Å². The fourth-order valence-electron chi connectivity index (χ4n) is 4.20. The van der Waals surface area contributed by atoms with Crippen LogP contribution in [0.3, 0.4) is 0 Å². The van der Waals surface area contributed by atoms with E-state index in [9.17, 15) is 9.59 Å². The summed E-state index contributed by atoms with van der Waals surface area (Å²) in [6.45, 7) is 6.32. The number of benzene rings is 1. The van der Waals surface area contributed by atoms with Gasteiger partial charge in [0, 0.05) is 41.2 Å². The Hall–Kier alpha value is -1.89. The molecule has 5 nitrogen and oxygen atoms in total. The Morgan fingerprint density at radius 2 is 2.10 bits per heavy atom. The lowest BCUT2D eigenvalue weighted by Gasteiger charge is -2.28. The maximum atomic E-state index is 13.1. The standard InChI is InChI=1S/C22H27N3O2S.ClH/c1-14-12-16(6-9-23-14)21(26)24-19-5-3-4-18(15(19)2)22(27)25-10-7-20-17(13-25)8-11-28-20;/h3-5,8,11,14,16,23H,6-7,9-10,12-13H2,1-2H3,(H,24,26);1H/t14-,16-;/m0./s1. The zero-order valence-corrected chi connectivity index (χ0v) is 18.5. The zero-order chi connectivity index (χ0) is 19.7. The average molecular weight is 434 g/mol. The normalized spacial score (nSPS) is 21.1. The molecule has 2 aliphatic rings. The zero-order valence-electron chi connectivity index (χ0n) is 16.9. The van der Waals surface area contributed by atoms with E-state index in [-0.39, 0.29) is 30.1 Å². The van der Waals surface area contributed by atoms with E-state index in [4.69, 9.17) is 0 Å². The molecule has 0 bridgehead atoms. The van der Waals surface area contributed by atoms with Crippen LogP contribution in [0, 0.1) is 12.8 Å². The van der Waals surface area contributed by atoms with Crippen LogP contribution in [0.2, 0.25) is 0 Å². The highest BCUT2D eigenvalue weighted by Crippen LogP contribution is 2.27. The van der Waals surface area contributed by atoms with Crippen molar-refractivity contribution in [3.05, 3.63) is 51.2 Å². The minimum Gasteiger partial charge on any atom is -0.334 e. The van der Waals surface area contributed by atoms with Crippen molar-refractivity contribution in [2.24, 2.45) is 5.92 Å². The third-order valence-electron chi connectivity index (χ3n) is 5.91. The molecule has 0 aliphatic carbocycles. The summed E-state index contributed by atoms with van der Waals surface area (Å²) in [5.74, 6) is 0.122. The molecule has 2 aromatic rings. The van der Waals surface area contributed by atoms with Gasteiger partial charge in [0.1, 0.15) is 0 Å². The minimum absolute atomic E-state index is 0. The quantitative estimate of drug-likeness (QED) is 0.768. The maximum absolute atomic E-state index is 13.1. The number of carbonyl (C=O) groups excluding carboxylic acids is 2. The van der Waals surface area contributed by atoms with E-state index in [1.54, 1.807) is 11.3 Å². The molecule has 0 spiro atoms. The number of piperidine rings is 1. The highest BCUT2D eigenvalue weighted by Gasteiger charge is 2.27.